The highest BCUT2D eigenvalue weighted by molar-refractivity contribution is 7.84. The molecule has 0 aliphatic heterocycles. The largest absolute Gasteiger partial charge is 0.496 e. The molecule has 92 valence electrons. The summed E-state index contributed by atoms with van der Waals surface area (Å²) in [6.45, 7) is 4.07. The minimum Gasteiger partial charge on any atom is -0.496 e. The average molecular weight is 258 g/mol. The summed E-state index contributed by atoms with van der Waals surface area (Å²) in [6, 6.07) is 3.79. The van der Waals surface area contributed by atoms with Crippen molar-refractivity contribution in [3.63, 3.8) is 0 Å². The molecule has 0 saturated carbocycles. The van der Waals surface area contributed by atoms with Gasteiger partial charge in [-0.15, -0.1) is 12.6 Å². The summed E-state index contributed by atoms with van der Waals surface area (Å²) in [5, 5.41) is 17.9. The van der Waals surface area contributed by atoms with Crippen LogP contribution in [0.1, 0.15) is 13.8 Å². The van der Waals surface area contributed by atoms with E-state index in [1.165, 1.54) is 0 Å². The molecular formula is C14H14N2OS. The minimum atomic E-state index is 0.0745. The van der Waals surface area contributed by atoms with E-state index in [2.05, 4.69) is 12.6 Å². The van der Waals surface area contributed by atoms with Gasteiger partial charge in [0.1, 0.15) is 23.5 Å². The molecule has 3 nitrogen and oxygen atoms in total. The summed E-state index contributed by atoms with van der Waals surface area (Å²) in [4.78, 5) is 0.599. The first-order chi connectivity index (χ1) is 8.53. The molecule has 1 rings (SSSR count). The lowest BCUT2D eigenvalue weighted by Crippen LogP contribution is -1.93. The van der Waals surface area contributed by atoms with Crippen LogP contribution in [-0.2, 0) is 4.74 Å². The zero-order valence-electron chi connectivity index (χ0n) is 10.6. The Morgan fingerprint density at radius 2 is 1.83 bits per heavy atom. The first kappa shape index (κ1) is 14.2. The van der Waals surface area contributed by atoms with Crippen molar-refractivity contribution in [2.75, 3.05) is 7.11 Å². The molecule has 0 amide bonds. The molecule has 0 unspecified atom stereocenters. The van der Waals surface area contributed by atoms with Crippen LogP contribution in [0, 0.1) is 28.6 Å². The molecule has 18 heavy (non-hydrogen) atoms. The van der Waals surface area contributed by atoms with Crippen LogP contribution in [0.5, 0.6) is 0 Å². The Balaban J connectivity index is 3.48. The lowest BCUT2D eigenvalue weighted by molar-refractivity contribution is 0.304. The van der Waals surface area contributed by atoms with Gasteiger partial charge in [0.25, 0.3) is 0 Å². The van der Waals surface area contributed by atoms with Crippen LogP contribution >= 0.6 is 12.6 Å². The molecule has 0 aromatic carbocycles. The highest BCUT2D eigenvalue weighted by Gasteiger charge is 2.13. The van der Waals surface area contributed by atoms with Crippen molar-refractivity contribution in [2.45, 2.75) is 13.8 Å². The Morgan fingerprint density at radius 3 is 2.28 bits per heavy atom. The van der Waals surface area contributed by atoms with E-state index in [-0.39, 0.29) is 11.5 Å². The van der Waals surface area contributed by atoms with Crippen LogP contribution in [0.4, 0.5) is 0 Å². The normalized spacial score (nSPS) is 14.8. The molecule has 0 spiro atoms. The summed E-state index contributed by atoms with van der Waals surface area (Å²) in [5.41, 5.74) is 1.63. The monoisotopic (exact) mass is 258 g/mol. The van der Waals surface area contributed by atoms with Gasteiger partial charge in [-0.05, 0) is 29.7 Å². The Bertz CT molecular complexity index is 535. The summed E-state index contributed by atoms with van der Waals surface area (Å²) in [7, 11) is 1.57. The Hall–Kier alpha value is -1.91. The maximum atomic E-state index is 8.94. The topological polar surface area (TPSA) is 56.8 Å². The van der Waals surface area contributed by atoms with Crippen molar-refractivity contribution < 1.29 is 4.74 Å². The fourth-order valence-corrected chi connectivity index (χ4v) is 1.80. The SMILES string of the molecule is COC1=CC(C(C)C)=CC(=C(C#N)C#N)C=C1S. The number of allylic oxidation sites excluding steroid dienone is 6. The van der Waals surface area contributed by atoms with E-state index in [0.29, 0.717) is 16.2 Å². The number of ether oxygens (including phenoxy) is 1. The van der Waals surface area contributed by atoms with Crippen molar-refractivity contribution in [1.29, 1.82) is 10.5 Å². The fraction of sp³-hybridized carbons (Fsp3) is 0.286. The van der Waals surface area contributed by atoms with E-state index in [4.69, 9.17) is 15.3 Å². The lowest BCUT2D eigenvalue weighted by atomic mass is 9.99. The van der Waals surface area contributed by atoms with Gasteiger partial charge in [0.2, 0.25) is 0 Å². The molecule has 0 atom stereocenters. The second-order valence-corrected chi connectivity index (χ2v) is 4.58. The van der Waals surface area contributed by atoms with Crippen molar-refractivity contribution in [1.82, 2.24) is 0 Å². The quantitative estimate of drug-likeness (QED) is 0.611. The Labute approximate surface area is 113 Å². The highest BCUT2D eigenvalue weighted by Crippen LogP contribution is 2.28. The number of nitriles is 2. The summed E-state index contributed by atoms with van der Waals surface area (Å²) >= 11 is 4.33. The standard InChI is InChI=1S/C14H14N2OS/c1-9(2)10-4-11(12(7-15)8-16)6-14(18)13(5-10)17-3/h4-6,9,18H,1-3H3. The first-order valence-electron chi connectivity index (χ1n) is 5.46. The predicted molar refractivity (Wildman–Crippen MR) is 73.3 cm³/mol. The average Bonchev–Trinajstić information content (AvgIpc) is 2.50. The third-order valence-electron chi connectivity index (χ3n) is 2.56. The zero-order valence-corrected chi connectivity index (χ0v) is 11.5. The van der Waals surface area contributed by atoms with Gasteiger partial charge in [-0.1, -0.05) is 13.8 Å². The first-order valence-corrected chi connectivity index (χ1v) is 5.91. The summed E-state index contributed by atoms with van der Waals surface area (Å²) in [6.07, 6.45) is 5.38. The molecule has 1 aliphatic rings. The van der Waals surface area contributed by atoms with Crippen LogP contribution < -0.4 is 0 Å². The van der Waals surface area contributed by atoms with E-state index in [1.54, 1.807) is 13.2 Å². The Morgan fingerprint density at radius 1 is 1.22 bits per heavy atom. The summed E-state index contributed by atoms with van der Waals surface area (Å²) in [5.74, 6) is 0.889. The number of hydrogen-bond acceptors (Lipinski definition) is 4. The molecule has 0 saturated heterocycles. The molecule has 0 aromatic rings. The minimum absolute atomic E-state index is 0.0745. The van der Waals surface area contributed by atoms with Crippen LogP contribution in [0.2, 0.25) is 0 Å². The molecule has 0 fully saturated rings. The zero-order chi connectivity index (χ0) is 13.7. The van der Waals surface area contributed by atoms with Gasteiger partial charge in [0, 0.05) is 10.5 Å². The van der Waals surface area contributed by atoms with E-state index in [1.807, 2.05) is 38.1 Å². The molecule has 0 aromatic heterocycles. The second kappa shape index (κ2) is 6.14. The summed E-state index contributed by atoms with van der Waals surface area (Å²) < 4.78 is 5.25. The highest BCUT2D eigenvalue weighted by atomic mass is 32.1. The molecule has 0 radical (unpaired) electrons. The lowest BCUT2D eigenvalue weighted by Gasteiger charge is -2.08. The van der Waals surface area contributed by atoms with E-state index >= 15 is 0 Å². The van der Waals surface area contributed by atoms with E-state index < -0.39 is 0 Å². The van der Waals surface area contributed by atoms with Crippen LogP contribution in [0.15, 0.2) is 45.6 Å². The third kappa shape index (κ3) is 3.06. The molecule has 0 N–H and O–H groups in total. The number of rotatable bonds is 2. The molecule has 1 aliphatic carbocycles. The number of nitrogens with zero attached hydrogens (tertiary/aromatic N) is 2. The molecule has 0 bridgehead atoms. The van der Waals surface area contributed by atoms with Crippen LogP contribution in [-0.4, -0.2) is 7.11 Å². The van der Waals surface area contributed by atoms with Crippen molar-refractivity contribution in [3.05, 3.63) is 45.6 Å². The van der Waals surface area contributed by atoms with Gasteiger partial charge in [-0.25, -0.2) is 0 Å². The Kier molecular flexibility index (Phi) is 4.83. The third-order valence-corrected chi connectivity index (χ3v) is 2.91. The maximum absolute atomic E-state index is 8.94. The second-order valence-electron chi connectivity index (χ2n) is 4.10. The van der Waals surface area contributed by atoms with Gasteiger partial charge in [0.05, 0.1) is 7.11 Å². The number of hydrogen-bond donors (Lipinski definition) is 1. The van der Waals surface area contributed by atoms with Crippen molar-refractivity contribution in [2.24, 2.45) is 5.92 Å². The van der Waals surface area contributed by atoms with Gasteiger partial charge >= 0.3 is 0 Å². The van der Waals surface area contributed by atoms with Gasteiger partial charge in [0.15, 0.2) is 0 Å². The van der Waals surface area contributed by atoms with Gasteiger partial charge < -0.3 is 4.74 Å². The van der Waals surface area contributed by atoms with Crippen molar-refractivity contribution >= 4 is 12.6 Å². The molecule has 4 heteroatoms. The molecule has 0 heterocycles. The van der Waals surface area contributed by atoms with Crippen LogP contribution in [0.25, 0.3) is 0 Å². The van der Waals surface area contributed by atoms with Gasteiger partial charge in [-0.2, -0.15) is 10.5 Å². The smallest absolute Gasteiger partial charge is 0.136 e. The van der Waals surface area contributed by atoms with Gasteiger partial charge in [-0.3, -0.25) is 0 Å². The fourth-order valence-electron chi connectivity index (χ4n) is 1.50. The molecular weight excluding hydrogens is 244 g/mol. The van der Waals surface area contributed by atoms with Crippen molar-refractivity contribution in [3.8, 4) is 12.1 Å². The van der Waals surface area contributed by atoms with Crippen LogP contribution in [0.3, 0.4) is 0 Å². The predicted octanol–water partition coefficient (Wildman–Crippen LogP) is 3.27. The van der Waals surface area contributed by atoms with E-state index in [0.717, 1.165) is 5.57 Å². The maximum Gasteiger partial charge on any atom is 0.136 e. The van der Waals surface area contributed by atoms with E-state index in [9.17, 15) is 0 Å². The number of methoxy groups -OCH3 is 1. The number of thiol groups is 1.